The van der Waals surface area contributed by atoms with Crippen LogP contribution < -0.4 is 4.90 Å². The molecule has 0 bridgehead atoms. The van der Waals surface area contributed by atoms with Gasteiger partial charge in [0.2, 0.25) is 0 Å². The average Bonchev–Trinajstić information content (AvgIpc) is 3.27. The van der Waals surface area contributed by atoms with Crippen molar-refractivity contribution in [1.29, 1.82) is 0 Å². The molecule has 1 aromatic heterocycles. The number of carbonyl (C=O) groups excluding carboxylic acids is 1. The molecule has 1 aliphatic heterocycles. The van der Waals surface area contributed by atoms with E-state index in [9.17, 15) is 9.18 Å². The molecule has 1 fully saturated rings. The van der Waals surface area contributed by atoms with Crippen LogP contribution >= 0.6 is 0 Å². The smallest absolute Gasteiger partial charge is 0.324 e. The van der Waals surface area contributed by atoms with Crippen molar-refractivity contribution in [3.05, 3.63) is 72.5 Å². The van der Waals surface area contributed by atoms with E-state index < -0.39 is 0 Å². The second-order valence-corrected chi connectivity index (χ2v) is 5.90. The number of rotatable bonds is 4. The number of oxazole rings is 1. The highest BCUT2D eigenvalue weighted by molar-refractivity contribution is 5.94. The summed E-state index contributed by atoms with van der Waals surface area (Å²) in [5.41, 5.74) is 2.52. The normalized spacial score (nSPS) is 14.4. The number of carbonyl (C=O) groups is 1. The van der Waals surface area contributed by atoms with E-state index in [0.29, 0.717) is 25.4 Å². The molecule has 2 amide bonds. The zero-order chi connectivity index (χ0) is 17.2. The van der Waals surface area contributed by atoms with Crippen molar-refractivity contribution in [2.45, 2.75) is 6.54 Å². The number of hydrogen-bond donors (Lipinski definition) is 0. The molecule has 0 aliphatic carbocycles. The molecule has 6 heteroatoms. The van der Waals surface area contributed by atoms with Crippen LogP contribution in [0.2, 0.25) is 0 Å². The van der Waals surface area contributed by atoms with Gasteiger partial charge in [-0.15, -0.1) is 0 Å². The van der Waals surface area contributed by atoms with Gasteiger partial charge in [-0.1, -0.05) is 12.1 Å². The van der Waals surface area contributed by atoms with Crippen molar-refractivity contribution in [2.75, 3.05) is 18.0 Å². The number of aromatic nitrogens is 1. The maximum Gasteiger partial charge on any atom is 0.324 e. The molecule has 4 rings (SSSR count). The van der Waals surface area contributed by atoms with Gasteiger partial charge in [-0.2, -0.15) is 0 Å². The van der Waals surface area contributed by atoms with Gasteiger partial charge in [-0.25, -0.2) is 14.2 Å². The lowest BCUT2D eigenvalue weighted by Gasteiger charge is -2.19. The zero-order valence-corrected chi connectivity index (χ0v) is 13.4. The summed E-state index contributed by atoms with van der Waals surface area (Å²) in [6.45, 7) is 1.62. The lowest BCUT2D eigenvalue weighted by atomic mass is 10.1. The van der Waals surface area contributed by atoms with Crippen LogP contribution in [0.25, 0.3) is 11.3 Å². The minimum Gasteiger partial charge on any atom is -0.444 e. The third kappa shape index (κ3) is 3.10. The Balaban J connectivity index is 1.48. The van der Waals surface area contributed by atoms with Crippen LogP contribution in [-0.2, 0) is 6.54 Å². The summed E-state index contributed by atoms with van der Waals surface area (Å²) < 4.78 is 18.6. The molecule has 1 aliphatic rings. The van der Waals surface area contributed by atoms with E-state index in [2.05, 4.69) is 4.98 Å². The molecule has 0 N–H and O–H groups in total. The quantitative estimate of drug-likeness (QED) is 0.725. The topological polar surface area (TPSA) is 49.6 Å². The fraction of sp³-hybridized carbons (Fsp3) is 0.158. The Bertz CT molecular complexity index is 878. The Hall–Kier alpha value is -3.15. The minimum absolute atomic E-state index is 0.0725. The summed E-state index contributed by atoms with van der Waals surface area (Å²) in [7, 11) is 0. The largest absolute Gasteiger partial charge is 0.444 e. The highest BCUT2D eigenvalue weighted by Gasteiger charge is 2.29. The molecule has 1 saturated heterocycles. The molecule has 25 heavy (non-hydrogen) atoms. The Morgan fingerprint density at radius 2 is 1.96 bits per heavy atom. The summed E-state index contributed by atoms with van der Waals surface area (Å²) in [4.78, 5) is 20.0. The minimum atomic E-state index is -0.288. The first-order valence-electron chi connectivity index (χ1n) is 8.00. The second-order valence-electron chi connectivity index (χ2n) is 5.90. The first-order chi connectivity index (χ1) is 12.2. The molecule has 3 aromatic rings. The van der Waals surface area contributed by atoms with Gasteiger partial charge in [0.1, 0.15) is 5.82 Å². The molecule has 5 nitrogen and oxygen atoms in total. The van der Waals surface area contributed by atoms with Gasteiger partial charge in [-0.05, 0) is 42.0 Å². The van der Waals surface area contributed by atoms with Crippen molar-refractivity contribution in [3.63, 3.8) is 0 Å². The number of hydrogen-bond acceptors (Lipinski definition) is 3. The number of urea groups is 1. The number of halogens is 1. The van der Waals surface area contributed by atoms with Crippen molar-refractivity contribution in [3.8, 4) is 11.3 Å². The van der Waals surface area contributed by atoms with Gasteiger partial charge >= 0.3 is 6.03 Å². The van der Waals surface area contributed by atoms with Crippen molar-refractivity contribution < 1.29 is 13.6 Å². The predicted molar refractivity (Wildman–Crippen MR) is 91.5 cm³/mol. The summed E-state index contributed by atoms with van der Waals surface area (Å²) in [5, 5.41) is 0. The van der Waals surface area contributed by atoms with Crippen molar-refractivity contribution >= 4 is 11.7 Å². The lowest BCUT2D eigenvalue weighted by Crippen LogP contribution is -2.31. The van der Waals surface area contributed by atoms with E-state index in [-0.39, 0.29) is 11.8 Å². The molecule has 0 atom stereocenters. The van der Waals surface area contributed by atoms with Crippen LogP contribution in [-0.4, -0.2) is 29.0 Å². The highest BCUT2D eigenvalue weighted by atomic mass is 19.1. The number of nitrogens with zero attached hydrogens (tertiary/aromatic N) is 3. The summed E-state index contributed by atoms with van der Waals surface area (Å²) >= 11 is 0. The van der Waals surface area contributed by atoms with Gasteiger partial charge in [0.25, 0.3) is 0 Å². The Morgan fingerprint density at radius 3 is 2.68 bits per heavy atom. The standard InChI is InChI=1S/C19H16FN3O2/c20-16-3-1-2-14(10-16)12-22-8-9-23(19(22)24)17-6-4-15(5-7-17)18-11-21-13-25-18/h1-7,10-11,13H,8-9,12H2. The van der Waals surface area contributed by atoms with Crippen LogP contribution in [0.5, 0.6) is 0 Å². The lowest BCUT2D eigenvalue weighted by molar-refractivity contribution is 0.218. The molecule has 0 spiro atoms. The summed E-state index contributed by atoms with van der Waals surface area (Å²) in [6, 6.07) is 13.9. The summed E-state index contributed by atoms with van der Waals surface area (Å²) in [5.74, 6) is 0.399. The van der Waals surface area contributed by atoms with Crippen molar-refractivity contribution in [1.82, 2.24) is 9.88 Å². The van der Waals surface area contributed by atoms with E-state index in [0.717, 1.165) is 16.8 Å². The Morgan fingerprint density at radius 1 is 1.12 bits per heavy atom. The molecule has 2 aromatic carbocycles. The molecule has 0 radical (unpaired) electrons. The average molecular weight is 337 g/mol. The van der Waals surface area contributed by atoms with Gasteiger partial charge in [-0.3, -0.25) is 4.90 Å². The van der Waals surface area contributed by atoms with Gasteiger partial charge in [0.15, 0.2) is 12.2 Å². The van der Waals surface area contributed by atoms with E-state index in [1.54, 1.807) is 22.1 Å². The van der Waals surface area contributed by atoms with E-state index in [1.165, 1.54) is 18.5 Å². The highest BCUT2D eigenvalue weighted by Crippen LogP contribution is 2.26. The predicted octanol–water partition coefficient (Wildman–Crippen LogP) is 3.92. The Kier molecular flexibility index (Phi) is 3.93. The van der Waals surface area contributed by atoms with E-state index >= 15 is 0 Å². The van der Waals surface area contributed by atoms with Gasteiger partial charge in [0.05, 0.1) is 6.20 Å². The van der Waals surface area contributed by atoms with Gasteiger partial charge < -0.3 is 9.32 Å². The second kappa shape index (κ2) is 6.39. The van der Waals surface area contributed by atoms with Crippen LogP contribution in [0.15, 0.2) is 65.5 Å². The fourth-order valence-corrected chi connectivity index (χ4v) is 2.99. The monoisotopic (exact) mass is 337 g/mol. The third-order valence-corrected chi connectivity index (χ3v) is 4.25. The Labute approximate surface area is 144 Å². The van der Waals surface area contributed by atoms with Crippen LogP contribution in [0.3, 0.4) is 0 Å². The maximum absolute atomic E-state index is 13.3. The molecular formula is C19H16FN3O2. The van der Waals surface area contributed by atoms with Crippen LogP contribution in [0.1, 0.15) is 5.56 Å². The molecule has 0 unspecified atom stereocenters. The maximum atomic E-state index is 13.3. The van der Waals surface area contributed by atoms with Crippen LogP contribution in [0.4, 0.5) is 14.9 Å². The first-order valence-corrected chi connectivity index (χ1v) is 8.00. The third-order valence-electron chi connectivity index (χ3n) is 4.25. The van der Waals surface area contributed by atoms with Gasteiger partial charge in [0, 0.05) is 30.9 Å². The number of anilines is 1. The van der Waals surface area contributed by atoms with Crippen LogP contribution in [0, 0.1) is 5.82 Å². The molecule has 126 valence electrons. The first kappa shape index (κ1) is 15.4. The molecular weight excluding hydrogens is 321 g/mol. The fourth-order valence-electron chi connectivity index (χ4n) is 2.99. The SMILES string of the molecule is O=C1N(Cc2cccc(F)c2)CCN1c1ccc(-c2cnco2)cc1. The summed E-state index contributed by atoms with van der Waals surface area (Å²) in [6.07, 6.45) is 3.04. The van der Waals surface area contributed by atoms with E-state index in [4.69, 9.17) is 4.42 Å². The van der Waals surface area contributed by atoms with E-state index in [1.807, 2.05) is 30.3 Å². The molecule has 0 saturated carbocycles. The zero-order valence-electron chi connectivity index (χ0n) is 13.4. The number of benzene rings is 2. The van der Waals surface area contributed by atoms with Crippen molar-refractivity contribution in [2.24, 2.45) is 0 Å². The molecule has 2 heterocycles. The number of amides is 2.